The van der Waals surface area contributed by atoms with Crippen molar-refractivity contribution < 1.29 is 4.74 Å². The highest BCUT2D eigenvalue weighted by Gasteiger charge is 2.18. The van der Waals surface area contributed by atoms with Gasteiger partial charge in [-0.05, 0) is 18.2 Å². The fourth-order valence-electron chi connectivity index (χ4n) is 2.21. The van der Waals surface area contributed by atoms with Crippen molar-refractivity contribution in [2.24, 2.45) is 0 Å². The van der Waals surface area contributed by atoms with Gasteiger partial charge < -0.3 is 4.74 Å². The summed E-state index contributed by atoms with van der Waals surface area (Å²) in [4.78, 5) is 0. The van der Waals surface area contributed by atoms with Crippen molar-refractivity contribution in [1.29, 1.82) is 5.26 Å². The predicted molar refractivity (Wildman–Crippen MR) is 83.1 cm³/mol. The Bertz CT molecular complexity index is 852. The summed E-state index contributed by atoms with van der Waals surface area (Å²) in [7, 11) is 1.57. The van der Waals surface area contributed by atoms with E-state index >= 15 is 0 Å². The molecule has 108 valence electrons. The molecule has 0 radical (unpaired) electrons. The van der Waals surface area contributed by atoms with Crippen LogP contribution < -0.4 is 4.74 Å². The lowest BCUT2D eigenvalue weighted by atomic mass is 10.1. The summed E-state index contributed by atoms with van der Waals surface area (Å²) in [6, 6.07) is 16.8. The van der Waals surface area contributed by atoms with Crippen LogP contribution in [0.15, 0.2) is 48.5 Å². The van der Waals surface area contributed by atoms with Gasteiger partial charge in [0.15, 0.2) is 5.69 Å². The van der Waals surface area contributed by atoms with Crippen LogP contribution in [0.3, 0.4) is 0 Å². The average Bonchev–Trinajstić information content (AvgIpc) is 2.99. The topological polar surface area (TPSA) is 63.7 Å². The van der Waals surface area contributed by atoms with E-state index in [0.29, 0.717) is 22.2 Å². The van der Waals surface area contributed by atoms with Crippen molar-refractivity contribution in [2.75, 3.05) is 7.11 Å². The van der Waals surface area contributed by atoms with Crippen molar-refractivity contribution in [3.05, 3.63) is 59.2 Å². The quantitative estimate of drug-likeness (QED) is 0.743. The molecule has 1 aromatic heterocycles. The van der Waals surface area contributed by atoms with Crippen molar-refractivity contribution in [3.63, 3.8) is 0 Å². The van der Waals surface area contributed by atoms with Gasteiger partial charge in [0.1, 0.15) is 23.2 Å². The molecule has 3 aromatic rings. The fourth-order valence-corrected chi connectivity index (χ4v) is 2.38. The Morgan fingerprint density at radius 1 is 1.18 bits per heavy atom. The third-order valence-corrected chi connectivity index (χ3v) is 3.43. The summed E-state index contributed by atoms with van der Waals surface area (Å²) >= 11 is 6.08. The van der Waals surface area contributed by atoms with Gasteiger partial charge in [-0.2, -0.15) is 5.26 Å². The van der Waals surface area contributed by atoms with Gasteiger partial charge >= 0.3 is 0 Å². The molecule has 0 spiro atoms. The van der Waals surface area contributed by atoms with Crippen molar-refractivity contribution in [1.82, 2.24) is 15.0 Å². The number of aromatic nitrogens is 3. The van der Waals surface area contributed by atoms with E-state index in [1.54, 1.807) is 30.0 Å². The van der Waals surface area contributed by atoms with Crippen molar-refractivity contribution in [3.8, 4) is 28.8 Å². The molecule has 0 aliphatic rings. The van der Waals surface area contributed by atoms with Gasteiger partial charge in [-0.1, -0.05) is 47.1 Å². The Hall–Kier alpha value is -2.84. The third kappa shape index (κ3) is 2.41. The molecule has 22 heavy (non-hydrogen) atoms. The van der Waals surface area contributed by atoms with Crippen LogP contribution in [-0.2, 0) is 0 Å². The van der Waals surface area contributed by atoms with E-state index in [9.17, 15) is 5.26 Å². The molecule has 0 atom stereocenters. The molecule has 0 N–H and O–H groups in total. The number of nitriles is 1. The van der Waals surface area contributed by atoms with E-state index in [1.165, 1.54) is 0 Å². The number of benzene rings is 2. The number of methoxy groups -OCH3 is 1. The monoisotopic (exact) mass is 310 g/mol. The molecule has 3 rings (SSSR count). The van der Waals surface area contributed by atoms with Gasteiger partial charge in [0.2, 0.25) is 0 Å². The number of halogens is 1. The second kappa shape index (κ2) is 5.88. The molecule has 0 amide bonds. The first kappa shape index (κ1) is 14.1. The van der Waals surface area contributed by atoms with Crippen LogP contribution in [0.5, 0.6) is 5.75 Å². The molecule has 0 aliphatic heterocycles. The van der Waals surface area contributed by atoms with Crippen LogP contribution in [0, 0.1) is 11.3 Å². The Labute approximate surface area is 132 Å². The van der Waals surface area contributed by atoms with Gasteiger partial charge in [-0.3, -0.25) is 0 Å². The average molecular weight is 311 g/mol. The number of rotatable bonds is 3. The van der Waals surface area contributed by atoms with Crippen LogP contribution in [0.25, 0.3) is 16.9 Å². The largest absolute Gasteiger partial charge is 0.494 e. The molecule has 0 unspecified atom stereocenters. The summed E-state index contributed by atoms with van der Waals surface area (Å²) in [6.45, 7) is 0. The maximum atomic E-state index is 9.30. The Morgan fingerprint density at radius 2 is 1.95 bits per heavy atom. The van der Waals surface area contributed by atoms with E-state index < -0.39 is 0 Å². The highest BCUT2D eigenvalue weighted by Crippen LogP contribution is 2.31. The molecule has 0 saturated heterocycles. The van der Waals surface area contributed by atoms with Gasteiger partial charge in [0, 0.05) is 10.6 Å². The molecule has 0 fully saturated rings. The summed E-state index contributed by atoms with van der Waals surface area (Å²) in [5, 5.41) is 17.9. The van der Waals surface area contributed by atoms with Gasteiger partial charge in [0.25, 0.3) is 0 Å². The lowest BCUT2D eigenvalue weighted by Gasteiger charge is -2.11. The van der Waals surface area contributed by atoms with Crippen LogP contribution in [-0.4, -0.2) is 22.1 Å². The summed E-state index contributed by atoms with van der Waals surface area (Å²) in [5.41, 5.74) is 2.31. The van der Waals surface area contributed by atoms with Gasteiger partial charge in [-0.15, -0.1) is 5.10 Å². The van der Waals surface area contributed by atoms with E-state index in [1.807, 2.05) is 30.3 Å². The fraction of sp³-hybridized carbons (Fsp3) is 0.0625. The second-order valence-corrected chi connectivity index (χ2v) is 4.93. The van der Waals surface area contributed by atoms with Crippen LogP contribution >= 0.6 is 11.6 Å². The van der Waals surface area contributed by atoms with Crippen LogP contribution in [0.2, 0.25) is 5.02 Å². The highest BCUT2D eigenvalue weighted by molar-refractivity contribution is 6.30. The predicted octanol–water partition coefficient (Wildman–Crippen LogP) is 3.47. The minimum atomic E-state index is 0.244. The summed E-state index contributed by atoms with van der Waals surface area (Å²) < 4.78 is 6.93. The minimum absolute atomic E-state index is 0.244. The molecule has 0 saturated carbocycles. The first-order valence-electron chi connectivity index (χ1n) is 6.49. The summed E-state index contributed by atoms with van der Waals surface area (Å²) in [6.07, 6.45) is 0. The first-order chi connectivity index (χ1) is 10.7. The highest BCUT2D eigenvalue weighted by atomic mass is 35.5. The molecule has 1 heterocycles. The molecule has 0 aliphatic carbocycles. The second-order valence-electron chi connectivity index (χ2n) is 4.49. The molecular formula is C16H11ClN4O. The maximum absolute atomic E-state index is 9.30. The summed E-state index contributed by atoms with van der Waals surface area (Å²) in [5.74, 6) is 0.593. The minimum Gasteiger partial charge on any atom is -0.494 e. The maximum Gasteiger partial charge on any atom is 0.191 e. The third-order valence-electron chi connectivity index (χ3n) is 3.19. The van der Waals surface area contributed by atoms with Crippen molar-refractivity contribution in [2.45, 2.75) is 0 Å². The Kier molecular flexibility index (Phi) is 3.77. The zero-order chi connectivity index (χ0) is 15.5. The molecule has 2 aromatic carbocycles. The Morgan fingerprint density at radius 3 is 2.64 bits per heavy atom. The van der Waals surface area contributed by atoms with Crippen LogP contribution in [0.1, 0.15) is 5.69 Å². The normalized spacial score (nSPS) is 10.2. The lowest BCUT2D eigenvalue weighted by molar-refractivity contribution is 0.411. The lowest BCUT2D eigenvalue weighted by Crippen LogP contribution is -2.02. The molecule has 5 nitrogen and oxygen atoms in total. The number of ether oxygens (including phenoxy) is 1. The van der Waals surface area contributed by atoms with E-state index in [-0.39, 0.29) is 5.69 Å². The Balaban J connectivity index is 2.28. The van der Waals surface area contributed by atoms with E-state index in [4.69, 9.17) is 16.3 Å². The molecule has 6 heteroatoms. The zero-order valence-electron chi connectivity index (χ0n) is 11.7. The smallest absolute Gasteiger partial charge is 0.191 e. The van der Waals surface area contributed by atoms with Crippen LogP contribution in [0.4, 0.5) is 0 Å². The van der Waals surface area contributed by atoms with Gasteiger partial charge in [0.05, 0.1) is 7.11 Å². The first-order valence-corrected chi connectivity index (χ1v) is 6.87. The zero-order valence-corrected chi connectivity index (χ0v) is 12.4. The van der Waals surface area contributed by atoms with E-state index in [0.717, 1.165) is 5.56 Å². The van der Waals surface area contributed by atoms with E-state index in [2.05, 4.69) is 16.4 Å². The van der Waals surface area contributed by atoms with Gasteiger partial charge in [-0.25, -0.2) is 4.68 Å². The number of hydrogen-bond donors (Lipinski definition) is 0. The number of hydrogen-bond acceptors (Lipinski definition) is 4. The molecule has 0 bridgehead atoms. The number of nitrogens with zero attached hydrogens (tertiary/aromatic N) is 4. The SMILES string of the molecule is COc1ccc(Cl)cc1-n1nnc(C#N)c1-c1ccccc1. The van der Waals surface area contributed by atoms with Crippen molar-refractivity contribution >= 4 is 11.6 Å². The molecular weight excluding hydrogens is 300 g/mol. The standard InChI is InChI=1S/C16H11ClN4O/c1-22-15-8-7-12(17)9-14(15)21-16(13(10-18)19-20-21)11-5-3-2-4-6-11/h2-9H,1H3.